The van der Waals surface area contributed by atoms with Crippen LogP contribution in [0.3, 0.4) is 0 Å². The van der Waals surface area contributed by atoms with E-state index in [4.69, 9.17) is 0 Å². The Kier molecular flexibility index (Phi) is 2.70. The number of anilines is 1. The first kappa shape index (κ1) is 12.0. The molecule has 0 aliphatic rings. The molecule has 0 bridgehead atoms. The number of hydrogen-bond donors (Lipinski definition) is 2. The van der Waals surface area contributed by atoms with E-state index in [9.17, 15) is 8.78 Å². The molecule has 0 radical (unpaired) electrons. The molecule has 2 heterocycles. The van der Waals surface area contributed by atoms with Crippen molar-refractivity contribution in [2.45, 2.75) is 6.92 Å². The quantitative estimate of drug-likeness (QED) is 0.757. The summed E-state index contributed by atoms with van der Waals surface area (Å²) in [6.07, 6.45) is 0. The van der Waals surface area contributed by atoms with Crippen molar-refractivity contribution < 1.29 is 8.78 Å². The van der Waals surface area contributed by atoms with Crippen molar-refractivity contribution >= 4 is 27.6 Å². The van der Waals surface area contributed by atoms with Gasteiger partial charge in [-0.3, -0.25) is 0 Å². The van der Waals surface area contributed by atoms with Crippen LogP contribution in [0.4, 0.5) is 13.8 Å². The van der Waals surface area contributed by atoms with Crippen LogP contribution in [0.1, 0.15) is 5.69 Å². The largest absolute Gasteiger partial charge is 0.378 e. The number of rotatable bonds is 2. The van der Waals surface area contributed by atoms with Crippen molar-refractivity contribution in [2.24, 2.45) is 0 Å². The average Bonchev–Trinajstić information content (AvgIpc) is 2.92. The van der Waals surface area contributed by atoms with Gasteiger partial charge in [-0.25, -0.2) is 13.8 Å². The summed E-state index contributed by atoms with van der Waals surface area (Å²) >= 11 is 1.30. The van der Waals surface area contributed by atoms with E-state index in [0.29, 0.717) is 11.3 Å². The number of aromatic nitrogens is 3. The van der Waals surface area contributed by atoms with Gasteiger partial charge >= 0.3 is 0 Å². The Labute approximate surface area is 111 Å². The summed E-state index contributed by atoms with van der Waals surface area (Å²) in [6, 6.07) is 2.05. The van der Waals surface area contributed by atoms with Crippen LogP contribution in [0, 0.1) is 18.6 Å². The highest BCUT2D eigenvalue weighted by Gasteiger charge is 2.17. The molecular formula is C12H10F2N4S. The first-order valence-corrected chi connectivity index (χ1v) is 6.36. The van der Waals surface area contributed by atoms with Crippen molar-refractivity contribution in [3.63, 3.8) is 0 Å². The monoisotopic (exact) mass is 280 g/mol. The first-order valence-electron chi connectivity index (χ1n) is 5.59. The zero-order chi connectivity index (χ0) is 13.6. The third-order valence-electron chi connectivity index (χ3n) is 2.83. The van der Waals surface area contributed by atoms with Crippen LogP contribution in [0.5, 0.6) is 0 Å². The lowest BCUT2D eigenvalue weighted by atomic mass is 10.2. The second-order valence-corrected chi connectivity index (χ2v) is 4.86. The second-order valence-electron chi connectivity index (χ2n) is 4.09. The zero-order valence-electron chi connectivity index (χ0n) is 10.2. The minimum atomic E-state index is -0.677. The van der Waals surface area contributed by atoms with Gasteiger partial charge in [0.05, 0.1) is 16.8 Å². The van der Waals surface area contributed by atoms with E-state index in [1.54, 1.807) is 7.05 Å². The molecule has 0 fully saturated rings. The van der Waals surface area contributed by atoms with Gasteiger partial charge in [-0.15, -0.1) is 0 Å². The molecule has 3 aromatic rings. The molecule has 0 saturated carbocycles. The summed E-state index contributed by atoms with van der Waals surface area (Å²) in [7, 11) is 1.78. The highest BCUT2D eigenvalue weighted by Crippen LogP contribution is 2.34. The highest BCUT2D eigenvalue weighted by molar-refractivity contribution is 7.10. The number of fused-ring (bicyclic) bond motifs is 1. The summed E-state index contributed by atoms with van der Waals surface area (Å²) in [5.41, 5.74) is 2.03. The molecule has 0 atom stereocenters. The lowest BCUT2D eigenvalue weighted by Crippen LogP contribution is -1.89. The van der Waals surface area contributed by atoms with Gasteiger partial charge in [0.15, 0.2) is 5.82 Å². The van der Waals surface area contributed by atoms with Crippen LogP contribution in [-0.4, -0.2) is 21.4 Å². The molecule has 1 aromatic carbocycles. The number of aromatic amines is 1. The van der Waals surface area contributed by atoms with Crippen molar-refractivity contribution in [1.82, 2.24) is 14.3 Å². The molecule has 0 unspecified atom stereocenters. The number of hydrogen-bond acceptors (Lipinski definition) is 4. The Hall–Kier alpha value is -2.02. The number of imidazole rings is 1. The van der Waals surface area contributed by atoms with Gasteiger partial charge in [0, 0.05) is 13.1 Å². The van der Waals surface area contributed by atoms with E-state index < -0.39 is 11.6 Å². The normalized spacial score (nSPS) is 11.2. The van der Waals surface area contributed by atoms with Crippen molar-refractivity contribution in [2.75, 3.05) is 12.4 Å². The maximum atomic E-state index is 13.6. The summed E-state index contributed by atoms with van der Waals surface area (Å²) in [4.78, 5) is 7.13. The molecule has 0 aliphatic heterocycles. The summed E-state index contributed by atoms with van der Waals surface area (Å²) in [5.74, 6) is -0.825. The predicted molar refractivity (Wildman–Crippen MR) is 71.4 cm³/mol. The third-order valence-corrected chi connectivity index (χ3v) is 3.79. The Morgan fingerprint density at radius 1 is 1.32 bits per heavy atom. The van der Waals surface area contributed by atoms with Gasteiger partial charge in [0.1, 0.15) is 22.2 Å². The van der Waals surface area contributed by atoms with E-state index in [-0.39, 0.29) is 5.52 Å². The van der Waals surface area contributed by atoms with Crippen LogP contribution < -0.4 is 5.32 Å². The highest BCUT2D eigenvalue weighted by atomic mass is 32.1. The maximum absolute atomic E-state index is 13.6. The molecular weight excluding hydrogens is 270 g/mol. The van der Waals surface area contributed by atoms with E-state index in [0.717, 1.165) is 22.3 Å². The molecule has 2 N–H and O–H groups in total. The minimum Gasteiger partial charge on any atom is -0.378 e. The molecule has 0 saturated heterocycles. The molecule has 98 valence electrons. The number of nitrogens with one attached hydrogen (secondary N) is 2. The number of halogens is 2. The fourth-order valence-electron chi connectivity index (χ4n) is 1.98. The fourth-order valence-corrected chi connectivity index (χ4v) is 2.73. The van der Waals surface area contributed by atoms with Gasteiger partial charge in [-0.05, 0) is 24.5 Å². The third kappa shape index (κ3) is 1.86. The summed E-state index contributed by atoms with van der Waals surface area (Å²) in [5, 5.41) is 3.84. The van der Waals surface area contributed by atoms with Crippen LogP contribution >= 0.6 is 11.5 Å². The SMILES string of the molecule is CNc1snc(C)c1-c1nc2c(F)cc(F)cc2[nH]1. The van der Waals surface area contributed by atoms with Crippen molar-refractivity contribution in [3.8, 4) is 11.4 Å². The van der Waals surface area contributed by atoms with Gasteiger partial charge < -0.3 is 10.3 Å². The fraction of sp³-hybridized carbons (Fsp3) is 0.167. The molecule has 0 amide bonds. The Bertz CT molecular complexity index is 763. The summed E-state index contributed by atoms with van der Waals surface area (Å²) in [6.45, 7) is 1.84. The lowest BCUT2D eigenvalue weighted by Gasteiger charge is -1.98. The Morgan fingerprint density at radius 2 is 2.11 bits per heavy atom. The van der Waals surface area contributed by atoms with E-state index in [1.165, 1.54) is 17.6 Å². The minimum absolute atomic E-state index is 0.129. The van der Waals surface area contributed by atoms with Crippen LogP contribution in [-0.2, 0) is 0 Å². The molecule has 19 heavy (non-hydrogen) atoms. The van der Waals surface area contributed by atoms with E-state index >= 15 is 0 Å². The number of nitrogens with zero attached hydrogens (tertiary/aromatic N) is 2. The zero-order valence-corrected chi connectivity index (χ0v) is 11.0. The van der Waals surface area contributed by atoms with Gasteiger partial charge in [0.25, 0.3) is 0 Å². The van der Waals surface area contributed by atoms with Crippen molar-refractivity contribution in [3.05, 3.63) is 29.5 Å². The molecule has 3 rings (SSSR count). The smallest absolute Gasteiger partial charge is 0.153 e. The topological polar surface area (TPSA) is 53.6 Å². The van der Waals surface area contributed by atoms with Crippen molar-refractivity contribution in [1.29, 1.82) is 0 Å². The van der Waals surface area contributed by atoms with Crippen LogP contribution in [0.15, 0.2) is 12.1 Å². The standard InChI is InChI=1S/C12H10F2N4S/c1-5-9(12(15-2)19-18-5)11-16-8-4-6(13)3-7(14)10(8)17-11/h3-4,15H,1-2H3,(H,16,17). The second kappa shape index (κ2) is 4.27. The number of aryl methyl sites for hydroxylation is 1. The Morgan fingerprint density at radius 3 is 2.84 bits per heavy atom. The predicted octanol–water partition coefficient (Wildman–Crippen LogP) is 3.31. The van der Waals surface area contributed by atoms with Gasteiger partial charge in [-0.2, -0.15) is 4.37 Å². The van der Waals surface area contributed by atoms with E-state index in [1.807, 2.05) is 6.92 Å². The molecule has 4 nitrogen and oxygen atoms in total. The van der Waals surface area contributed by atoms with Crippen LogP contribution in [0.25, 0.3) is 22.4 Å². The van der Waals surface area contributed by atoms with Gasteiger partial charge in [-0.1, -0.05) is 0 Å². The molecule has 0 spiro atoms. The van der Waals surface area contributed by atoms with Crippen LogP contribution in [0.2, 0.25) is 0 Å². The Balaban J connectivity index is 2.26. The molecule has 2 aromatic heterocycles. The first-order chi connectivity index (χ1) is 9.10. The average molecular weight is 280 g/mol. The maximum Gasteiger partial charge on any atom is 0.153 e. The summed E-state index contributed by atoms with van der Waals surface area (Å²) < 4.78 is 31.0. The number of benzene rings is 1. The molecule has 7 heteroatoms. The van der Waals surface area contributed by atoms with E-state index in [2.05, 4.69) is 19.7 Å². The lowest BCUT2D eigenvalue weighted by molar-refractivity contribution is 0.591. The number of H-pyrrole nitrogens is 1. The van der Waals surface area contributed by atoms with Gasteiger partial charge in [0.2, 0.25) is 0 Å². The molecule has 0 aliphatic carbocycles.